The van der Waals surface area contributed by atoms with E-state index >= 15 is 0 Å². The molecule has 0 saturated heterocycles. The molecule has 1 unspecified atom stereocenters. The number of aliphatic carboxylic acids is 1. The van der Waals surface area contributed by atoms with Crippen molar-refractivity contribution in [3.8, 4) is 0 Å². The Hall–Kier alpha value is -1.35. The van der Waals surface area contributed by atoms with E-state index in [0.29, 0.717) is 18.9 Å². The molecule has 0 aliphatic carbocycles. The summed E-state index contributed by atoms with van der Waals surface area (Å²) in [6.07, 6.45) is -0.326. The Morgan fingerprint density at radius 1 is 1.31 bits per heavy atom. The summed E-state index contributed by atoms with van der Waals surface area (Å²) >= 11 is 0. The zero-order chi connectivity index (χ0) is 12.0. The minimum atomic E-state index is -0.899. The monoisotopic (exact) mass is 222 g/mol. The van der Waals surface area contributed by atoms with Crippen molar-refractivity contribution in [2.45, 2.75) is 26.4 Å². The van der Waals surface area contributed by atoms with Crippen molar-refractivity contribution in [3.05, 3.63) is 35.9 Å². The minimum Gasteiger partial charge on any atom is -0.479 e. The zero-order valence-corrected chi connectivity index (χ0v) is 9.72. The highest BCUT2D eigenvalue weighted by Gasteiger charge is 2.18. The number of rotatable bonds is 6. The van der Waals surface area contributed by atoms with E-state index in [9.17, 15) is 4.79 Å². The fourth-order valence-corrected chi connectivity index (χ4v) is 1.35. The summed E-state index contributed by atoms with van der Waals surface area (Å²) in [5.74, 6) is -0.554. The lowest BCUT2D eigenvalue weighted by Gasteiger charge is -2.15. The van der Waals surface area contributed by atoms with Gasteiger partial charge in [-0.2, -0.15) is 0 Å². The van der Waals surface area contributed by atoms with Gasteiger partial charge in [0.15, 0.2) is 6.10 Å². The molecule has 16 heavy (non-hydrogen) atoms. The van der Waals surface area contributed by atoms with E-state index in [4.69, 9.17) is 9.84 Å². The van der Waals surface area contributed by atoms with E-state index in [2.05, 4.69) is 0 Å². The van der Waals surface area contributed by atoms with Crippen LogP contribution in [-0.2, 0) is 16.0 Å². The molecule has 88 valence electrons. The first-order valence-electron chi connectivity index (χ1n) is 5.48. The van der Waals surface area contributed by atoms with Gasteiger partial charge in [0, 0.05) is 6.42 Å². The summed E-state index contributed by atoms with van der Waals surface area (Å²) in [6, 6.07) is 9.53. The van der Waals surface area contributed by atoms with Gasteiger partial charge in [-0.25, -0.2) is 4.79 Å². The molecule has 0 bridgehead atoms. The first-order chi connectivity index (χ1) is 7.59. The standard InChI is InChI=1S/C13H18O3/c1-10(2)9-16-12(13(14)15)8-11-6-4-3-5-7-11/h3-7,10,12H,8-9H2,1-2H3,(H,14,15). The van der Waals surface area contributed by atoms with Gasteiger partial charge in [0.2, 0.25) is 0 Å². The molecule has 0 radical (unpaired) electrons. The highest BCUT2D eigenvalue weighted by molar-refractivity contribution is 5.72. The second-order valence-corrected chi connectivity index (χ2v) is 4.24. The van der Waals surface area contributed by atoms with Gasteiger partial charge in [0.05, 0.1) is 6.61 Å². The Labute approximate surface area is 96.1 Å². The molecule has 1 rings (SSSR count). The Morgan fingerprint density at radius 2 is 1.94 bits per heavy atom. The maximum absolute atomic E-state index is 11.0. The number of benzene rings is 1. The van der Waals surface area contributed by atoms with Crippen LogP contribution in [0.15, 0.2) is 30.3 Å². The SMILES string of the molecule is CC(C)COC(Cc1ccccc1)C(=O)O. The van der Waals surface area contributed by atoms with Crippen LogP contribution in [0.4, 0.5) is 0 Å². The van der Waals surface area contributed by atoms with Gasteiger partial charge in [0.1, 0.15) is 0 Å². The van der Waals surface area contributed by atoms with Crippen LogP contribution in [0, 0.1) is 5.92 Å². The summed E-state index contributed by atoms with van der Waals surface area (Å²) < 4.78 is 5.37. The number of carbonyl (C=O) groups is 1. The van der Waals surface area contributed by atoms with Crippen LogP contribution in [0.3, 0.4) is 0 Å². The lowest BCUT2D eigenvalue weighted by atomic mass is 10.1. The molecule has 1 atom stereocenters. The van der Waals surface area contributed by atoms with Gasteiger partial charge in [-0.05, 0) is 11.5 Å². The molecule has 1 aromatic carbocycles. The van der Waals surface area contributed by atoms with Crippen molar-refractivity contribution in [1.29, 1.82) is 0 Å². The number of hydrogen-bond donors (Lipinski definition) is 1. The van der Waals surface area contributed by atoms with E-state index in [1.807, 2.05) is 44.2 Å². The van der Waals surface area contributed by atoms with E-state index in [1.165, 1.54) is 0 Å². The smallest absolute Gasteiger partial charge is 0.333 e. The molecule has 0 aromatic heterocycles. The maximum atomic E-state index is 11.0. The summed E-state index contributed by atoms with van der Waals surface area (Å²) in [6.45, 7) is 4.48. The first-order valence-corrected chi connectivity index (χ1v) is 5.48. The highest BCUT2D eigenvalue weighted by atomic mass is 16.5. The lowest BCUT2D eigenvalue weighted by Crippen LogP contribution is -2.27. The van der Waals surface area contributed by atoms with Crippen LogP contribution >= 0.6 is 0 Å². The van der Waals surface area contributed by atoms with Crippen molar-refractivity contribution in [2.75, 3.05) is 6.61 Å². The number of ether oxygens (including phenoxy) is 1. The van der Waals surface area contributed by atoms with Gasteiger partial charge in [-0.1, -0.05) is 44.2 Å². The Morgan fingerprint density at radius 3 is 2.44 bits per heavy atom. The van der Waals surface area contributed by atoms with Crippen molar-refractivity contribution >= 4 is 5.97 Å². The van der Waals surface area contributed by atoms with E-state index < -0.39 is 12.1 Å². The minimum absolute atomic E-state index is 0.345. The van der Waals surface area contributed by atoms with Crippen LogP contribution in [0.2, 0.25) is 0 Å². The molecule has 0 aliphatic rings. The van der Waals surface area contributed by atoms with Gasteiger partial charge >= 0.3 is 5.97 Å². The van der Waals surface area contributed by atoms with Crippen molar-refractivity contribution in [3.63, 3.8) is 0 Å². The molecule has 1 N–H and O–H groups in total. The molecular formula is C13H18O3. The van der Waals surface area contributed by atoms with Crippen LogP contribution < -0.4 is 0 Å². The predicted molar refractivity (Wildman–Crippen MR) is 62.4 cm³/mol. The second kappa shape index (κ2) is 6.28. The Kier molecular flexibility index (Phi) is 4.99. The molecule has 0 amide bonds. The molecule has 3 heteroatoms. The van der Waals surface area contributed by atoms with Crippen LogP contribution in [0.25, 0.3) is 0 Å². The van der Waals surface area contributed by atoms with Crippen molar-refractivity contribution in [1.82, 2.24) is 0 Å². The summed E-state index contributed by atoms with van der Waals surface area (Å²) in [5.41, 5.74) is 0.985. The first kappa shape index (κ1) is 12.7. The molecule has 0 spiro atoms. The summed E-state index contributed by atoms with van der Waals surface area (Å²) in [7, 11) is 0. The largest absolute Gasteiger partial charge is 0.479 e. The summed E-state index contributed by atoms with van der Waals surface area (Å²) in [5, 5.41) is 9.02. The van der Waals surface area contributed by atoms with Gasteiger partial charge in [-0.3, -0.25) is 0 Å². The third-order valence-electron chi connectivity index (χ3n) is 2.17. The lowest BCUT2D eigenvalue weighted by molar-refractivity contribution is -0.150. The van der Waals surface area contributed by atoms with Gasteiger partial charge in [-0.15, -0.1) is 0 Å². The summed E-state index contributed by atoms with van der Waals surface area (Å²) in [4.78, 5) is 11.0. The molecule has 0 saturated carbocycles. The third-order valence-corrected chi connectivity index (χ3v) is 2.17. The van der Waals surface area contributed by atoms with Crippen molar-refractivity contribution in [2.24, 2.45) is 5.92 Å². The number of carboxylic acids is 1. The second-order valence-electron chi connectivity index (χ2n) is 4.24. The van der Waals surface area contributed by atoms with Crippen LogP contribution in [0.5, 0.6) is 0 Å². The maximum Gasteiger partial charge on any atom is 0.333 e. The van der Waals surface area contributed by atoms with E-state index in [0.717, 1.165) is 5.56 Å². The third kappa shape index (κ3) is 4.45. The predicted octanol–water partition coefficient (Wildman–Crippen LogP) is 2.35. The Balaban J connectivity index is 2.55. The molecule has 3 nitrogen and oxygen atoms in total. The Bertz CT molecular complexity index is 319. The normalized spacial score (nSPS) is 12.7. The molecule has 0 fully saturated rings. The average molecular weight is 222 g/mol. The zero-order valence-electron chi connectivity index (χ0n) is 9.72. The topological polar surface area (TPSA) is 46.5 Å². The van der Waals surface area contributed by atoms with Gasteiger partial charge in [0.25, 0.3) is 0 Å². The van der Waals surface area contributed by atoms with Gasteiger partial charge < -0.3 is 9.84 Å². The molecule has 0 aliphatic heterocycles. The fraction of sp³-hybridized carbons (Fsp3) is 0.462. The van der Waals surface area contributed by atoms with Crippen LogP contribution in [0.1, 0.15) is 19.4 Å². The van der Waals surface area contributed by atoms with E-state index in [-0.39, 0.29) is 0 Å². The van der Waals surface area contributed by atoms with E-state index in [1.54, 1.807) is 0 Å². The number of carboxylic acid groups (broad SMARTS) is 1. The van der Waals surface area contributed by atoms with Crippen molar-refractivity contribution < 1.29 is 14.6 Å². The quantitative estimate of drug-likeness (QED) is 0.803. The highest BCUT2D eigenvalue weighted by Crippen LogP contribution is 2.08. The average Bonchev–Trinajstić information content (AvgIpc) is 2.25. The molecule has 1 aromatic rings. The molecular weight excluding hydrogens is 204 g/mol. The fourth-order valence-electron chi connectivity index (χ4n) is 1.35. The number of hydrogen-bond acceptors (Lipinski definition) is 2. The molecule has 0 heterocycles. The van der Waals surface area contributed by atoms with Crippen LogP contribution in [-0.4, -0.2) is 23.8 Å².